The zero-order chi connectivity index (χ0) is 22.5. The number of carbonyl (C=O) groups is 1. The molecule has 1 unspecified atom stereocenters. The van der Waals surface area contributed by atoms with Crippen molar-refractivity contribution in [3.05, 3.63) is 41.2 Å². The van der Waals surface area contributed by atoms with E-state index in [0.29, 0.717) is 28.2 Å². The number of carbonyl (C=O) groups excluding carboxylic acids is 1. The first-order valence-corrected chi connectivity index (χ1v) is 10.9. The fraction of sp³-hybridized carbons (Fsp3) is 0.381. The Morgan fingerprint density at radius 1 is 1.16 bits per heavy atom. The maximum absolute atomic E-state index is 13.3. The van der Waals surface area contributed by atoms with Gasteiger partial charge in [-0.15, -0.1) is 0 Å². The number of aromatic nitrogens is 3. The van der Waals surface area contributed by atoms with Gasteiger partial charge in [-0.1, -0.05) is 0 Å². The van der Waals surface area contributed by atoms with Gasteiger partial charge in [-0.3, -0.25) is 13.8 Å². The second-order valence-electron chi connectivity index (χ2n) is 6.67. The van der Waals surface area contributed by atoms with Crippen LogP contribution in [0.3, 0.4) is 0 Å². The van der Waals surface area contributed by atoms with E-state index in [1.807, 2.05) is 13.8 Å². The van der Waals surface area contributed by atoms with Gasteiger partial charge in [0.25, 0.3) is 0 Å². The molecular weight excluding hydrogens is 422 g/mol. The van der Waals surface area contributed by atoms with Crippen molar-refractivity contribution in [1.29, 1.82) is 0 Å². The lowest BCUT2D eigenvalue weighted by Crippen LogP contribution is -2.15. The molecule has 9 nitrogen and oxygen atoms in total. The number of hydrogen-bond donors (Lipinski definition) is 0. The Morgan fingerprint density at radius 2 is 1.94 bits per heavy atom. The van der Waals surface area contributed by atoms with Crippen LogP contribution in [-0.2, 0) is 32.8 Å². The topological polar surface area (TPSA) is 102 Å². The molecule has 0 spiro atoms. The van der Waals surface area contributed by atoms with Crippen molar-refractivity contribution < 1.29 is 28.0 Å². The molecule has 0 bridgehead atoms. The molecule has 3 aromatic rings. The summed E-state index contributed by atoms with van der Waals surface area (Å²) in [6, 6.07) is 5.26. The van der Waals surface area contributed by atoms with Crippen LogP contribution in [0.15, 0.2) is 29.6 Å². The lowest BCUT2D eigenvalue weighted by atomic mass is 10.1. The van der Waals surface area contributed by atoms with Gasteiger partial charge in [0, 0.05) is 23.4 Å². The quantitative estimate of drug-likeness (QED) is 0.484. The molecule has 0 saturated heterocycles. The van der Waals surface area contributed by atoms with E-state index in [2.05, 4.69) is 9.97 Å². The fourth-order valence-corrected chi connectivity index (χ4v) is 4.46. The van der Waals surface area contributed by atoms with Crippen LogP contribution >= 0.6 is 0 Å². The molecule has 0 aliphatic heterocycles. The fourth-order valence-electron chi connectivity index (χ4n) is 3.20. The number of pyridine rings is 1. The van der Waals surface area contributed by atoms with E-state index < -0.39 is 17.0 Å². The van der Waals surface area contributed by atoms with Crippen molar-refractivity contribution in [1.82, 2.24) is 14.5 Å². The first kappa shape index (κ1) is 22.5. The third-order valence-electron chi connectivity index (χ3n) is 4.72. The SMILES string of the molecule is CCOC(=O)OCn1c(S(=O)Cc2ncc(C)c(OC)c2C)nc2cc(OC)ccc21. The maximum Gasteiger partial charge on any atom is 0.510 e. The molecule has 0 N–H and O–H groups in total. The standard InChI is InChI=1S/C21H25N3O6S/c1-6-29-21(25)30-12-24-18-8-7-15(27-4)9-16(18)23-20(24)31(26)11-17-14(3)19(28-5)13(2)10-22-17/h7-10H,6,11-12H2,1-5H3. The molecule has 0 fully saturated rings. The van der Waals surface area contributed by atoms with Crippen LogP contribution in [-0.4, -0.2) is 45.7 Å². The summed E-state index contributed by atoms with van der Waals surface area (Å²) < 4.78 is 35.6. The van der Waals surface area contributed by atoms with Crippen LogP contribution in [0.2, 0.25) is 0 Å². The molecule has 1 aromatic carbocycles. The minimum Gasteiger partial charge on any atom is -0.497 e. The van der Waals surface area contributed by atoms with E-state index >= 15 is 0 Å². The number of rotatable bonds is 8. The van der Waals surface area contributed by atoms with Gasteiger partial charge in [-0.2, -0.15) is 0 Å². The van der Waals surface area contributed by atoms with Gasteiger partial charge >= 0.3 is 6.16 Å². The Hall–Kier alpha value is -3.14. The minimum atomic E-state index is -1.57. The predicted octanol–water partition coefficient (Wildman–Crippen LogP) is 3.50. The highest BCUT2D eigenvalue weighted by molar-refractivity contribution is 7.84. The van der Waals surface area contributed by atoms with Gasteiger partial charge in [0.15, 0.2) is 6.73 Å². The number of methoxy groups -OCH3 is 2. The molecule has 2 aromatic heterocycles. The van der Waals surface area contributed by atoms with E-state index in [1.54, 1.807) is 50.1 Å². The molecule has 10 heteroatoms. The maximum atomic E-state index is 13.3. The number of nitrogens with zero attached hydrogens (tertiary/aromatic N) is 3. The van der Waals surface area contributed by atoms with Crippen molar-refractivity contribution in [3.63, 3.8) is 0 Å². The summed E-state index contributed by atoms with van der Waals surface area (Å²) in [7, 11) is 1.58. The molecule has 0 aliphatic rings. The molecule has 0 amide bonds. The van der Waals surface area contributed by atoms with Gasteiger partial charge in [0.2, 0.25) is 5.16 Å². The largest absolute Gasteiger partial charge is 0.510 e. The molecule has 2 heterocycles. The van der Waals surface area contributed by atoms with Crippen LogP contribution < -0.4 is 9.47 Å². The second-order valence-corrected chi connectivity index (χ2v) is 8.01. The number of aryl methyl sites for hydroxylation is 1. The molecular formula is C21H25N3O6S. The van der Waals surface area contributed by atoms with Gasteiger partial charge in [-0.25, -0.2) is 9.78 Å². The number of imidazole rings is 1. The number of fused-ring (bicyclic) bond motifs is 1. The van der Waals surface area contributed by atoms with Crippen molar-refractivity contribution in [2.45, 2.75) is 38.4 Å². The highest BCUT2D eigenvalue weighted by atomic mass is 32.2. The molecule has 0 saturated carbocycles. The van der Waals surface area contributed by atoms with Crippen molar-refractivity contribution >= 4 is 28.0 Å². The summed E-state index contributed by atoms with van der Waals surface area (Å²) in [4.78, 5) is 20.6. The predicted molar refractivity (Wildman–Crippen MR) is 115 cm³/mol. The highest BCUT2D eigenvalue weighted by Gasteiger charge is 2.21. The van der Waals surface area contributed by atoms with Crippen LogP contribution in [0.5, 0.6) is 11.5 Å². The lowest BCUT2D eigenvalue weighted by Gasteiger charge is -2.13. The zero-order valence-corrected chi connectivity index (χ0v) is 18.9. The Balaban J connectivity index is 1.98. The first-order valence-electron chi connectivity index (χ1n) is 9.60. The smallest absolute Gasteiger partial charge is 0.497 e. The Morgan fingerprint density at radius 3 is 2.61 bits per heavy atom. The van der Waals surface area contributed by atoms with Gasteiger partial charge in [0.05, 0.1) is 54.1 Å². The average Bonchev–Trinajstić information content (AvgIpc) is 3.12. The van der Waals surface area contributed by atoms with Gasteiger partial charge in [0.1, 0.15) is 11.5 Å². The molecule has 3 rings (SSSR count). The summed E-state index contributed by atoms with van der Waals surface area (Å²) in [6.45, 7) is 5.47. The summed E-state index contributed by atoms with van der Waals surface area (Å²) in [5.41, 5.74) is 3.59. The van der Waals surface area contributed by atoms with Crippen LogP contribution in [0.4, 0.5) is 4.79 Å². The highest BCUT2D eigenvalue weighted by Crippen LogP contribution is 2.27. The van der Waals surface area contributed by atoms with Gasteiger partial charge in [-0.05, 0) is 32.9 Å². The summed E-state index contributed by atoms with van der Waals surface area (Å²) in [6.07, 6.45) is 0.881. The van der Waals surface area contributed by atoms with E-state index in [9.17, 15) is 9.00 Å². The number of ether oxygens (including phenoxy) is 4. The Labute approximate surface area is 182 Å². The van der Waals surface area contributed by atoms with Crippen molar-refractivity contribution in [2.75, 3.05) is 20.8 Å². The number of hydrogen-bond acceptors (Lipinski definition) is 8. The van der Waals surface area contributed by atoms with E-state index in [-0.39, 0.29) is 24.2 Å². The van der Waals surface area contributed by atoms with E-state index in [4.69, 9.17) is 18.9 Å². The van der Waals surface area contributed by atoms with E-state index in [1.165, 1.54) is 0 Å². The van der Waals surface area contributed by atoms with Crippen LogP contribution in [0.25, 0.3) is 11.0 Å². The monoisotopic (exact) mass is 447 g/mol. The normalized spacial score (nSPS) is 11.9. The lowest BCUT2D eigenvalue weighted by molar-refractivity contribution is 0.0358. The van der Waals surface area contributed by atoms with Crippen LogP contribution in [0, 0.1) is 13.8 Å². The minimum absolute atomic E-state index is 0.127. The molecule has 31 heavy (non-hydrogen) atoms. The first-order chi connectivity index (χ1) is 14.9. The molecule has 166 valence electrons. The second kappa shape index (κ2) is 9.78. The third kappa shape index (κ3) is 4.79. The summed E-state index contributed by atoms with van der Waals surface area (Å²) in [5.74, 6) is 1.45. The summed E-state index contributed by atoms with van der Waals surface area (Å²) in [5, 5.41) is 0.258. The average molecular weight is 448 g/mol. The molecule has 0 aliphatic carbocycles. The zero-order valence-electron chi connectivity index (χ0n) is 18.1. The third-order valence-corrected chi connectivity index (χ3v) is 5.97. The molecule has 0 radical (unpaired) electrons. The Bertz CT molecular complexity index is 1130. The van der Waals surface area contributed by atoms with E-state index in [0.717, 1.165) is 11.1 Å². The Kier molecular flexibility index (Phi) is 7.11. The van der Waals surface area contributed by atoms with Gasteiger partial charge < -0.3 is 18.9 Å². The van der Waals surface area contributed by atoms with Crippen molar-refractivity contribution in [2.24, 2.45) is 0 Å². The summed E-state index contributed by atoms with van der Waals surface area (Å²) >= 11 is 0. The van der Waals surface area contributed by atoms with Crippen molar-refractivity contribution in [3.8, 4) is 11.5 Å². The number of benzene rings is 1. The molecule has 1 atom stereocenters. The van der Waals surface area contributed by atoms with Crippen LogP contribution in [0.1, 0.15) is 23.7 Å².